The van der Waals surface area contributed by atoms with E-state index in [1.807, 2.05) is 0 Å². The summed E-state index contributed by atoms with van der Waals surface area (Å²) >= 11 is 0. The molecule has 7 heteroatoms. The zero-order chi connectivity index (χ0) is 15.1. The van der Waals surface area contributed by atoms with Gasteiger partial charge in [-0.25, -0.2) is 0 Å². The highest BCUT2D eigenvalue weighted by atomic mass is 16.7. The van der Waals surface area contributed by atoms with Crippen LogP contribution in [0.2, 0.25) is 0 Å². The van der Waals surface area contributed by atoms with Crippen molar-refractivity contribution < 1.29 is 29.5 Å². The molecule has 0 aliphatic carbocycles. The van der Waals surface area contributed by atoms with Crippen LogP contribution in [0.15, 0.2) is 18.2 Å². The first kappa shape index (κ1) is 15.8. The van der Waals surface area contributed by atoms with E-state index < -0.39 is 6.10 Å². The maximum absolute atomic E-state index is 9.94. The van der Waals surface area contributed by atoms with Gasteiger partial charge in [-0.05, 0) is 12.1 Å². The minimum Gasteiger partial charge on any atom is -0.491 e. The third-order valence-corrected chi connectivity index (χ3v) is 3.09. The second-order valence-electron chi connectivity index (χ2n) is 4.73. The fourth-order valence-electron chi connectivity index (χ4n) is 2.09. The molecule has 1 aromatic carbocycles. The highest BCUT2D eigenvalue weighted by Gasteiger charge is 2.15. The van der Waals surface area contributed by atoms with E-state index in [1.165, 1.54) is 0 Å². The highest BCUT2D eigenvalue weighted by Crippen LogP contribution is 2.35. The average Bonchev–Trinajstić information content (AvgIpc) is 2.93. The highest BCUT2D eigenvalue weighted by molar-refractivity contribution is 5.46. The molecular formula is C14H21NO6. The Kier molecular flexibility index (Phi) is 6.06. The minimum absolute atomic E-state index is 0.0181. The van der Waals surface area contributed by atoms with Gasteiger partial charge >= 0.3 is 0 Å². The molecule has 1 aromatic rings. The molecule has 1 aliphatic rings. The summed E-state index contributed by atoms with van der Waals surface area (Å²) in [6.45, 7) is 1.42. The number of nitrogens with zero attached hydrogens (tertiary/aromatic N) is 1. The first-order valence-corrected chi connectivity index (χ1v) is 6.87. The number of hydrogen-bond acceptors (Lipinski definition) is 7. The maximum atomic E-state index is 9.94. The first-order valence-electron chi connectivity index (χ1n) is 6.87. The summed E-state index contributed by atoms with van der Waals surface area (Å²) < 4.78 is 16.0. The lowest BCUT2D eigenvalue weighted by Crippen LogP contribution is -2.38. The smallest absolute Gasteiger partial charge is 0.231 e. The van der Waals surface area contributed by atoms with Gasteiger partial charge in [-0.15, -0.1) is 0 Å². The number of ether oxygens (including phenoxy) is 3. The SMILES string of the molecule is OCCN(CCO)C[C@H](O)COc1ccc2c(c1)OCO2. The summed E-state index contributed by atoms with van der Waals surface area (Å²) in [5.74, 6) is 1.90. The van der Waals surface area contributed by atoms with E-state index >= 15 is 0 Å². The van der Waals surface area contributed by atoms with Gasteiger partial charge in [0, 0.05) is 25.7 Å². The largest absolute Gasteiger partial charge is 0.491 e. The van der Waals surface area contributed by atoms with E-state index in [2.05, 4.69) is 0 Å². The molecule has 0 saturated heterocycles. The number of hydrogen-bond donors (Lipinski definition) is 3. The quantitative estimate of drug-likeness (QED) is 0.563. The molecule has 0 saturated carbocycles. The zero-order valence-electron chi connectivity index (χ0n) is 11.8. The predicted octanol–water partition coefficient (Wildman–Crippen LogP) is -0.558. The molecule has 0 radical (unpaired) electrons. The van der Waals surface area contributed by atoms with E-state index in [0.29, 0.717) is 36.9 Å². The molecule has 1 aliphatic heterocycles. The summed E-state index contributed by atoms with van der Waals surface area (Å²) in [5.41, 5.74) is 0. The van der Waals surface area contributed by atoms with Gasteiger partial charge in [-0.2, -0.15) is 0 Å². The van der Waals surface area contributed by atoms with Crippen molar-refractivity contribution in [2.24, 2.45) is 0 Å². The van der Waals surface area contributed by atoms with E-state index in [9.17, 15) is 5.11 Å². The van der Waals surface area contributed by atoms with Crippen molar-refractivity contribution in [2.45, 2.75) is 6.10 Å². The number of aliphatic hydroxyl groups is 3. The molecule has 0 bridgehead atoms. The van der Waals surface area contributed by atoms with Gasteiger partial charge in [0.2, 0.25) is 6.79 Å². The molecule has 7 nitrogen and oxygen atoms in total. The Hall–Kier alpha value is -1.54. The van der Waals surface area contributed by atoms with Crippen LogP contribution < -0.4 is 14.2 Å². The molecule has 0 spiro atoms. The fraction of sp³-hybridized carbons (Fsp3) is 0.571. The van der Waals surface area contributed by atoms with Gasteiger partial charge in [-0.3, -0.25) is 4.90 Å². The molecular weight excluding hydrogens is 278 g/mol. The third kappa shape index (κ3) is 4.75. The number of benzene rings is 1. The van der Waals surface area contributed by atoms with Gasteiger partial charge in [0.15, 0.2) is 11.5 Å². The standard InChI is InChI=1S/C14H21NO6/c16-5-3-15(4-6-17)8-11(18)9-19-12-1-2-13-14(7-12)21-10-20-13/h1-2,7,11,16-18H,3-6,8-10H2/t11-/m0/s1. The Morgan fingerprint density at radius 3 is 2.57 bits per heavy atom. The Bertz CT molecular complexity index is 435. The summed E-state index contributed by atoms with van der Waals surface area (Å²) in [4.78, 5) is 1.77. The Morgan fingerprint density at radius 2 is 1.86 bits per heavy atom. The van der Waals surface area contributed by atoms with E-state index in [1.54, 1.807) is 23.1 Å². The first-order chi connectivity index (χ1) is 10.2. The molecule has 21 heavy (non-hydrogen) atoms. The molecule has 3 N–H and O–H groups in total. The molecule has 0 unspecified atom stereocenters. The lowest BCUT2D eigenvalue weighted by Gasteiger charge is -2.23. The van der Waals surface area contributed by atoms with Crippen LogP contribution in [0, 0.1) is 0 Å². The average molecular weight is 299 g/mol. The second-order valence-corrected chi connectivity index (χ2v) is 4.73. The van der Waals surface area contributed by atoms with Crippen molar-refractivity contribution >= 4 is 0 Å². The van der Waals surface area contributed by atoms with Gasteiger partial charge < -0.3 is 29.5 Å². The monoisotopic (exact) mass is 299 g/mol. The van der Waals surface area contributed by atoms with Gasteiger partial charge in [-0.1, -0.05) is 0 Å². The summed E-state index contributed by atoms with van der Waals surface area (Å²) in [6, 6.07) is 5.22. The number of rotatable bonds is 9. The number of fused-ring (bicyclic) bond motifs is 1. The summed E-state index contributed by atoms with van der Waals surface area (Å²) in [6.07, 6.45) is -0.714. The predicted molar refractivity (Wildman–Crippen MR) is 74.7 cm³/mol. The Labute approximate surface area is 123 Å². The topological polar surface area (TPSA) is 91.6 Å². The van der Waals surface area contributed by atoms with E-state index in [4.69, 9.17) is 24.4 Å². The second kappa shape index (κ2) is 8.04. The number of aliphatic hydroxyl groups excluding tert-OH is 3. The maximum Gasteiger partial charge on any atom is 0.231 e. The zero-order valence-corrected chi connectivity index (χ0v) is 11.8. The van der Waals surface area contributed by atoms with Crippen LogP contribution >= 0.6 is 0 Å². The van der Waals surface area contributed by atoms with Crippen molar-refractivity contribution in [1.29, 1.82) is 0 Å². The molecule has 2 rings (SSSR count). The van der Waals surface area contributed by atoms with Crippen molar-refractivity contribution in [3.05, 3.63) is 18.2 Å². The Morgan fingerprint density at radius 1 is 1.14 bits per heavy atom. The third-order valence-electron chi connectivity index (χ3n) is 3.09. The van der Waals surface area contributed by atoms with Gasteiger partial charge in [0.1, 0.15) is 18.5 Å². The molecule has 1 atom stereocenters. The van der Waals surface area contributed by atoms with Crippen LogP contribution in [0.3, 0.4) is 0 Å². The molecule has 0 fully saturated rings. The molecule has 118 valence electrons. The minimum atomic E-state index is -0.714. The summed E-state index contributed by atoms with van der Waals surface area (Å²) in [5, 5.41) is 27.8. The van der Waals surface area contributed by atoms with Crippen LogP contribution in [-0.2, 0) is 0 Å². The summed E-state index contributed by atoms with van der Waals surface area (Å²) in [7, 11) is 0. The van der Waals surface area contributed by atoms with Gasteiger partial charge in [0.05, 0.1) is 13.2 Å². The van der Waals surface area contributed by atoms with E-state index in [-0.39, 0.29) is 26.6 Å². The molecule has 0 amide bonds. The van der Waals surface area contributed by atoms with Crippen molar-refractivity contribution in [3.63, 3.8) is 0 Å². The van der Waals surface area contributed by atoms with Crippen LogP contribution in [0.4, 0.5) is 0 Å². The van der Waals surface area contributed by atoms with Crippen LogP contribution in [-0.4, -0.2) is 72.6 Å². The van der Waals surface area contributed by atoms with Crippen molar-refractivity contribution in [2.75, 3.05) is 46.2 Å². The normalized spacial score (nSPS) is 14.5. The van der Waals surface area contributed by atoms with Gasteiger partial charge in [0.25, 0.3) is 0 Å². The van der Waals surface area contributed by atoms with Crippen molar-refractivity contribution in [3.8, 4) is 17.2 Å². The van der Waals surface area contributed by atoms with E-state index in [0.717, 1.165) is 0 Å². The molecule has 0 aromatic heterocycles. The van der Waals surface area contributed by atoms with Crippen LogP contribution in [0.5, 0.6) is 17.2 Å². The Balaban J connectivity index is 1.79. The lowest BCUT2D eigenvalue weighted by atomic mass is 10.3. The van der Waals surface area contributed by atoms with Crippen molar-refractivity contribution in [1.82, 2.24) is 4.90 Å². The molecule has 1 heterocycles. The van der Waals surface area contributed by atoms with Crippen LogP contribution in [0.1, 0.15) is 0 Å². The lowest BCUT2D eigenvalue weighted by molar-refractivity contribution is 0.0551. The van der Waals surface area contributed by atoms with Crippen LogP contribution in [0.25, 0.3) is 0 Å². The fourth-order valence-corrected chi connectivity index (χ4v) is 2.09.